The molecule has 18 heavy (non-hydrogen) atoms. The number of hydrogen-bond acceptors (Lipinski definition) is 2. The van der Waals surface area contributed by atoms with Gasteiger partial charge in [-0.25, -0.2) is 4.98 Å². The molecular weight excluding hydrogens is 246 g/mol. The van der Waals surface area contributed by atoms with Gasteiger partial charge in [-0.3, -0.25) is 0 Å². The molecule has 2 N–H and O–H groups in total. The quantitative estimate of drug-likeness (QED) is 0.920. The first kappa shape index (κ1) is 13.1. The highest BCUT2D eigenvalue weighted by atomic mass is 35.5. The van der Waals surface area contributed by atoms with E-state index in [1.807, 2.05) is 36.8 Å². The molecule has 1 unspecified atom stereocenters. The fourth-order valence-corrected chi connectivity index (χ4v) is 1.99. The molecule has 0 fully saturated rings. The summed E-state index contributed by atoms with van der Waals surface area (Å²) >= 11 is 5.88. The van der Waals surface area contributed by atoms with E-state index in [4.69, 9.17) is 17.3 Å². The second-order valence-corrected chi connectivity index (χ2v) is 5.28. The average Bonchev–Trinajstić information content (AvgIpc) is 2.79. The van der Waals surface area contributed by atoms with E-state index in [0.717, 1.165) is 17.3 Å². The molecule has 2 rings (SSSR count). The average molecular weight is 264 g/mol. The van der Waals surface area contributed by atoms with Crippen molar-refractivity contribution in [2.24, 2.45) is 11.7 Å². The van der Waals surface area contributed by atoms with Crippen molar-refractivity contribution in [2.75, 3.05) is 0 Å². The molecule has 2 aromatic rings. The van der Waals surface area contributed by atoms with Crippen molar-refractivity contribution in [1.29, 1.82) is 0 Å². The Hall–Kier alpha value is -1.32. The number of hydrogen-bond donors (Lipinski definition) is 1. The van der Waals surface area contributed by atoms with Crippen LogP contribution in [-0.2, 0) is 6.54 Å². The van der Waals surface area contributed by atoms with Crippen molar-refractivity contribution in [1.82, 2.24) is 9.55 Å². The fourth-order valence-electron chi connectivity index (χ4n) is 1.87. The van der Waals surface area contributed by atoms with Crippen LogP contribution in [0.5, 0.6) is 0 Å². The molecule has 1 aromatic carbocycles. The van der Waals surface area contributed by atoms with E-state index in [1.165, 1.54) is 5.56 Å². The minimum Gasteiger partial charge on any atom is -0.329 e. The third-order valence-electron chi connectivity index (χ3n) is 3.07. The summed E-state index contributed by atoms with van der Waals surface area (Å²) in [5, 5.41) is 0.753. The maximum absolute atomic E-state index is 6.18. The maximum atomic E-state index is 6.18. The maximum Gasteiger partial charge on any atom is 0.0951 e. The number of imidazole rings is 1. The Balaban J connectivity index is 2.19. The summed E-state index contributed by atoms with van der Waals surface area (Å²) < 4.78 is 2.09. The molecule has 1 atom stereocenters. The van der Waals surface area contributed by atoms with Crippen LogP contribution in [0.15, 0.2) is 36.8 Å². The van der Waals surface area contributed by atoms with Crippen LogP contribution in [0.25, 0.3) is 0 Å². The van der Waals surface area contributed by atoms with Gasteiger partial charge >= 0.3 is 0 Å². The predicted molar refractivity (Wildman–Crippen MR) is 74.5 cm³/mol. The molecule has 0 spiro atoms. The zero-order valence-corrected chi connectivity index (χ0v) is 11.4. The van der Waals surface area contributed by atoms with Crippen LogP contribution in [0.2, 0.25) is 5.02 Å². The Bertz CT molecular complexity index is 502. The number of aromatic nitrogens is 2. The Morgan fingerprint density at radius 3 is 2.56 bits per heavy atom. The van der Waals surface area contributed by atoms with Gasteiger partial charge < -0.3 is 10.3 Å². The molecule has 0 amide bonds. The van der Waals surface area contributed by atoms with E-state index in [-0.39, 0.29) is 6.04 Å². The fraction of sp³-hybridized carbons (Fsp3) is 0.357. The summed E-state index contributed by atoms with van der Waals surface area (Å²) in [5.74, 6) is 0.394. The lowest BCUT2D eigenvalue weighted by molar-refractivity contribution is 0.484. The molecule has 1 aromatic heterocycles. The van der Waals surface area contributed by atoms with Crippen LogP contribution >= 0.6 is 11.6 Å². The summed E-state index contributed by atoms with van der Waals surface area (Å²) in [6.07, 6.45) is 3.67. The molecule has 0 aliphatic heterocycles. The standard InChI is InChI=1S/C14H18ClN3/c1-10(2)14(16)13-7-17-9-18(13)8-11-3-5-12(15)6-4-11/h3-7,9-10,14H,8,16H2,1-2H3. The number of nitrogens with two attached hydrogens (primary N) is 1. The Morgan fingerprint density at radius 1 is 1.28 bits per heavy atom. The van der Waals surface area contributed by atoms with Crippen molar-refractivity contribution in [2.45, 2.75) is 26.4 Å². The molecule has 3 nitrogen and oxygen atoms in total. The van der Waals surface area contributed by atoms with Crippen molar-refractivity contribution >= 4 is 11.6 Å². The summed E-state index contributed by atoms with van der Waals surface area (Å²) in [7, 11) is 0. The van der Waals surface area contributed by atoms with E-state index >= 15 is 0 Å². The van der Waals surface area contributed by atoms with Gasteiger partial charge in [0.25, 0.3) is 0 Å². The van der Waals surface area contributed by atoms with Gasteiger partial charge in [0.1, 0.15) is 0 Å². The van der Waals surface area contributed by atoms with Gasteiger partial charge in [0.05, 0.1) is 12.0 Å². The molecule has 96 valence electrons. The zero-order valence-electron chi connectivity index (χ0n) is 10.7. The van der Waals surface area contributed by atoms with Crippen LogP contribution in [-0.4, -0.2) is 9.55 Å². The SMILES string of the molecule is CC(C)C(N)c1cncn1Cc1ccc(Cl)cc1. The van der Waals surface area contributed by atoms with Crippen molar-refractivity contribution in [3.05, 3.63) is 53.1 Å². The number of halogens is 1. The van der Waals surface area contributed by atoms with Gasteiger partial charge in [-0.15, -0.1) is 0 Å². The van der Waals surface area contributed by atoms with Crippen LogP contribution in [0, 0.1) is 5.92 Å². The van der Waals surface area contributed by atoms with Gasteiger partial charge in [0, 0.05) is 23.8 Å². The smallest absolute Gasteiger partial charge is 0.0951 e. The van der Waals surface area contributed by atoms with Gasteiger partial charge in [-0.1, -0.05) is 37.6 Å². The molecule has 1 heterocycles. The molecule has 0 saturated heterocycles. The van der Waals surface area contributed by atoms with E-state index in [1.54, 1.807) is 0 Å². The molecule has 0 radical (unpaired) electrons. The highest BCUT2D eigenvalue weighted by molar-refractivity contribution is 6.30. The van der Waals surface area contributed by atoms with E-state index in [0.29, 0.717) is 5.92 Å². The second kappa shape index (κ2) is 5.55. The minimum atomic E-state index is 0.0137. The summed E-state index contributed by atoms with van der Waals surface area (Å²) in [5.41, 5.74) is 8.44. The number of rotatable bonds is 4. The van der Waals surface area contributed by atoms with Gasteiger partial charge in [-0.05, 0) is 23.6 Å². The largest absolute Gasteiger partial charge is 0.329 e. The lowest BCUT2D eigenvalue weighted by atomic mass is 10.0. The summed E-state index contributed by atoms with van der Waals surface area (Å²) in [6.45, 7) is 5.00. The molecule has 4 heteroatoms. The first-order valence-corrected chi connectivity index (χ1v) is 6.46. The normalized spacial score (nSPS) is 12.9. The third-order valence-corrected chi connectivity index (χ3v) is 3.32. The summed E-state index contributed by atoms with van der Waals surface area (Å²) in [4.78, 5) is 4.20. The molecular formula is C14H18ClN3. The van der Waals surface area contributed by atoms with Gasteiger partial charge in [0.15, 0.2) is 0 Å². The predicted octanol–water partition coefficient (Wildman–Crippen LogP) is 3.24. The molecule has 0 aliphatic carbocycles. The number of benzene rings is 1. The highest BCUT2D eigenvalue weighted by Gasteiger charge is 2.15. The Labute approximate surface area is 113 Å². The van der Waals surface area contributed by atoms with Crippen LogP contribution < -0.4 is 5.73 Å². The van der Waals surface area contributed by atoms with Crippen LogP contribution in [0.3, 0.4) is 0 Å². The Kier molecular flexibility index (Phi) is 4.04. The summed E-state index contributed by atoms with van der Waals surface area (Å²) in [6, 6.07) is 7.85. The minimum absolute atomic E-state index is 0.0137. The van der Waals surface area contributed by atoms with Gasteiger partial charge in [-0.2, -0.15) is 0 Å². The zero-order chi connectivity index (χ0) is 13.1. The first-order chi connectivity index (χ1) is 8.58. The van der Waals surface area contributed by atoms with Crippen LogP contribution in [0.1, 0.15) is 31.1 Å². The topological polar surface area (TPSA) is 43.8 Å². The highest BCUT2D eigenvalue weighted by Crippen LogP contribution is 2.19. The van der Waals surface area contributed by atoms with Crippen LogP contribution in [0.4, 0.5) is 0 Å². The third kappa shape index (κ3) is 2.92. The van der Waals surface area contributed by atoms with E-state index < -0.39 is 0 Å². The monoisotopic (exact) mass is 263 g/mol. The van der Waals surface area contributed by atoms with Crippen molar-refractivity contribution in [3.8, 4) is 0 Å². The lowest BCUT2D eigenvalue weighted by Gasteiger charge is -2.17. The van der Waals surface area contributed by atoms with E-state index in [9.17, 15) is 0 Å². The first-order valence-electron chi connectivity index (χ1n) is 6.08. The van der Waals surface area contributed by atoms with Crippen molar-refractivity contribution < 1.29 is 0 Å². The molecule has 0 bridgehead atoms. The number of nitrogens with zero attached hydrogens (tertiary/aromatic N) is 2. The Morgan fingerprint density at radius 2 is 1.94 bits per heavy atom. The molecule has 0 saturated carbocycles. The van der Waals surface area contributed by atoms with E-state index in [2.05, 4.69) is 23.4 Å². The van der Waals surface area contributed by atoms with Crippen molar-refractivity contribution in [3.63, 3.8) is 0 Å². The molecule has 0 aliphatic rings. The second-order valence-electron chi connectivity index (χ2n) is 4.84. The lowest BCUT2D eigenvalue weighted by Crippen LogP contribution is -2.20. The van der Waals surface area contributed by atoms with Gasteiger partial charge in [0.2, 0.25) is 0 Å².